The van der Waals surface area contributed by atoms with Crippen molar-refractivity contribution in [3.63, 3.8) is 0 Å². The van der Waals surface area contributed by atoms with Gasteiger partial charge < -0.3 is 24.3 Å². The zero-order valence-corrected chi connectivity index (χ0v) is 28.2. The molecule has 3 aliphatic rings. The average Bonchev–Trinajstić information content (AvgIpc) is 3.40. The molecule has 2 heterocycles. The molecule has 2 saturated heterocycles. The highest BCUT2D eigenvalue weighted by molar-refractivity contribution is 5.81. The maximum atomic E-state index is 11.7. The summed E-state index contributed by atoms with van der Waals surface area (Å²) in [5.41, 5.74) is 0. The quantitative estimate of drug-likeness (QED) is 0.0896. The minimum absolute atomic E-state index is 0.0534. The zero-order valence-electron chi connectivity index (χ0n) is 28.2. The molecular weight excluding hydrogens is 598 g/mol. The van der Waals surface area contributed by atoms with Crippen LogP contribution >= 0.6 is 0 Å². The summed E-state index contributed by atoms with van der Waals surface area (Å²) in [5, 5.41) is 7.02. The van der Waals surface area contributed by atoms with Gasteiger partial charge in [0.15, 0.2) is 0 Å². The number of nitrogens with zero attached hydrogens (tertiary/aromatic N) is 1. The SMILES string of the molecule is C=CC(=O)OCCCCCOC1CCC(C#CC2CNC(C#CC3NC(COC(=O)C=C)C(COC(=O)C=C)N3C)CC2CC)CC1. The highest BCUT2D eigenvalue weighted by atomic mass is 16.5. The molecule has 0 amide bonds. The molecule has 0 radical (unpaired) electrons. The van der Waals surface area contributed by atoms with Crippen LogP contribution in [0.3, 0.4) is 0 Å². The third kappa shape index (κ3) is 13.0. The zero-order chi connectivity index (χ0) is 34.0. The smallest absolute Gasteiger partial charge is 0.330 e. The molecular formula is C37H53N3O7. The number of likely N-dealkylation sites (N-methyl/N-ethyl adjacent to an activating group) is 1. The van der Waals surface area contributed by atoms with Crippen molar-refractivity contribution in [2.45, 2.75) is 95.1 Å². The fourth-order valence-corrected chi connectivity index (χ4v) is 6.26. The van der Waals surface area contributed by atoms with Crippen molar-refractivity contribution in [2.75, 3.05) is 40.0 Å². The molecule has 2 N–H and O–H groups in total. The molecule has 0 bridgehead atoms. The van der Waals surface area contributed by atoms with Crippen LogP contribution in [0.2, 0.25) is 0 Å². The number of unbranched alkanes of at least 4 members (excludes halogenated alkanes) is 2. The standard InChI is InChI=1S/C37H53N3O7/c1-6-28-23-30(17-20-34-39-32(25-46-36(42)8-3)33(40(34)5)26-47-37(43)9-4)38-24-29(28)16-13-27-14-18-31(19-15-27)44-21-11-10-12-22-45-35(41)7-2/h7-9,27-34,38-39H,2-4,6,10-12,14-15,18-19,21-26H2,1,5H3. The number of piperidine rings is 1. The van der Waals surface area contributed by atoms with Crippen LogP contribution in [-0.4, -0.2) is 93.2 Å². The van der Waals surface area contributed by atoms with Gasteiger partial charge in [-0.1, -0.05) is 56.8 Å². The molecule has 6 unspecified atom stereocenters. The van der Waals surface area contributed by atoms with Crippen LogP contribution in [0.25, 0.3) is 0 Å². The Bertz CT molecular complexity index is 1190. The first-order valence-electron chi connectivity index (χ1n) is 17.0. The number of hydrogen-bond donors (Lipinski definition) is 2. The van der Waals surface area contributed by atoms with Gasteiger partial charge in [-0.15, -0.1) is 0 Å². The Morgan fingerprint density at radius 1 is 0.830 bits per heavy atom. The third-order valence-electron chi connectivity index (χ3n) is 9.21. The van der Waals surface area contributed by atoms with Crippen molar-refractivity contribution in [3.05, 3.63) is 38.0 Å². The van der Waals surface area contributed by atoms with E-state index < -0.39 is 11.9 Å². The molecule has 1 aliphatic carbocycles. The van der Waals surface area contributed by atoms with Gasteiger partial charge in [0, 0.05) is 43.2 Å². The highest BCUT2D eigenvalue weighted by Crippen LogP contribution is 2.28. The van der Waals surface area contributed by atoms with E-state index in [-0.39, 0.29) is 43.5 Å². The molecule has 10 heteroatoms. The first-order chi connectivity index (χ1) is 22.8. The van der Waals surface area contributed by atoms with E-state index in [1.165, 1.54) is 6.08 Å². The minimum Gasteiger partial charge on any atom is -0.463 e. The number of ether oxygens (including phenoxy) is 4. The molecule has 0 spiro atoms. The fraction of sp³-hybridized carbons (Fsp3) is 0.649. The van der Waals surface area contributed by atoms with Gasteiger partial charge in [0.25, 0.3) is 0 Å². The number of nitrogens with one attached hydrogen (secondary N) is 2. The number of rotatable bonds is 15. The van der Waals surface area contributed by atoms with Gasteiger partial charge in [-0.25, -0.2) is 14.4 Å². The van der Waals surface area contributed by atoms with E-state index in [9.17, 15) is 14.4 Å². The molecule has 10 nitrogen and oxygen atoms in total. The van der Waals surface area contributed by atoms with E-state index in [4.69, 9.17) is 18.9 Å². The highest BCUT2D eigenvalue weighted by Gasteiger charge is 2.39. The van der Waals surface area contributed by atoms with Crippen molar-refractivity contribution in [1.29, 1.82) is 0 Å². The van der Waals surface area contributed by atoms with Crippen molar-refractivity contribution < 1.29 is 33.3 Å². The molecule has 3 fully saturated rings. The predicted octanol–water partition coefficient (Wildman–Crippen LogP) is 3.53. The largest absolute Gasteiger partial charge is 0.463 e. The fourth-order valence-electron chi connectivity index (χ4n) is 6.26. The summed E-state index contributed by atoms with van der Waals surface area (Å²) in [7, 11) is 1.91. The van der Waals surface area contributed by atoms with Gasteiger partial charge in [-0.3, -0.25) is 10.2 Å². The number of hydrogen-bond acceptors (Lipinski definition) is 10. The number of esters is 3. The monoisotopic (exact) mass is 651 g/mol. The van der Waals surface area contributed by atoms with Crippen LogP contribution in [0.4, 0.5) is 0 Å². The Balaban J connectivity index is 1.43. The second-order valence-electron chi connectivity index (χ2n) is 12.4. The van der Waals surface area contributed by atoms with Crippen LogP contribution in [0.15, 0.2) is 38.0 Å². The van der Waals surface area contributed by atoms with Crippen molar-refractivity contribution >= 4 is 17.9 Å². The second kappa shape index (κ2) is 20.7. The first kappa shape index (κ1) is 38.0. The summed E-state index contributed by atoms with van der Waals surface area (Å²) in [5.74, 6) is 13.8. The van der Waals surface area contributed by atoms with E-state index in [0.29, 0.717) is 30.5 Å². The van der Waals surface area contributed by atoms with Crippen LogP contribution in [0.1, 0.15) is 64.7 Å². The summed E-state index contributed by atoms with van der Waals surface area (Å²) < 4.78 is 21.7. The van der Waals surface area contributed by atoms with Crippen molar-refractivity contribution in [1.82, 2.24) is 15.5 Å². The summed E-state index contributed by atoms with van der Waals surface area (Å²) in [6.07, 6.45) is 12.5. The second-order valence-corrected chi connectivity index (χ2v) is 12.4. The van der Waals surface area contributed by atoms with Crippen LogP contribution in [-0.2, 0) is 33.3 Å². The molecule has 6 atom stereocenters. The van der Waals surface area contributed by atoms with Gasteiger partial charge in [0.2, 0.25) is 0 Å². The Kier molecular flexibility index (Phi) is 16.8. The molecule has 0 aromatic carbocycles. The maximum Gasteiger partial charge on any atom is 0.330 e. The topological polar surface area (TPSA) is 115 Å². The average molecular weight is 652 g/mol. The first-order valence-corrected chi connectivity index (χ1v) is 17.0. The van der Waals surface area contributed by atoms with Gasteiger partial charge in [-0.2, -0.15) is 0 Å². The molecule has 3 rings (SSSR count). The lowest BCUT2D eigenvalue weighted by molar-refractivity contribution is -0.141. The molecule has 258 valence electrons. The molecule has 0 aromatic heterocycles. The summed E-state index contributed by atoms with van der Waals surface area (Å²) in [6, 6.07) is -0.443. The normalized spacial score (nSPS) is 28.8. The maximum absolute atomic E-state index is 11.7. The number of carbonyl (C=O) groups is 3. The van der Waals surface area contributed by atoms with E-state index in [1.54, 1.807) is 0 Å². The summed E-state index contributed by atoms with van der Waals surface area (Å²) in [4.78, 5) is 36.4. The Hall–Kier alpha value is -3.41. The van der Waals surface area contributed by atoms with Crippen LogP contribution in [0.5, 0.6) is 0 Å². The lowest BCUT2D eigenvalue weighted by Crippen LogP contribution is -2.43. The Morgan fingerprint density at radius 3 is 2.17 bits per heavy atom. The van der Waals surface area contributed by atoms with Gasteiger partial charge in [-0.05, 0) is 64.3 Å². The van der Waals surface area contributed by atoms with Crippen LogP contribution in [0, 0.1) is 41.4 Å². The lowest BCUT2D eigenvalue weighted by Gasteiger charge is -2.32. The van der Waals surface area contributed by atoms with E-state index >= 15 is 0 Å². The van der Waals surface area contributed by atoms with Crippen molar-refractivity contribution in [3.8, 4) is 23.7 Å². The van der Waals surface area contributed by atoms with E-state index in [0.717, 1.165) is 83.1 Å². The predicted molar refractivity (Wildman–Crippen MR) is 181 cm³/mol. The van der Waals surface area contributed by atoms with Gasteiger partial charge in [0.1, 0.15) is 19.4 Å². The molecule has 1 saturated carbocycles. The summed E-state index contributed by atoms with van der Waals surface area (Å²) in [6.45, 7) is 14.7. The molecule has 47 heavy (non-hydrogen) atoms. The Morgan fingerprint density at radius 2 is 1.49 bits per heavy atom. The van der Waals surface area contributed by atoms with Crippen molar-refractivity contribution in [2.24, 2.45) is 17.8 Å². The molecule has 2 aliphatic heterocycles. The van der Waals surface area contributed by atoms with E-state index in [2.05, 4.69) is 61.0 Å². The lowest BCUT2D eigenvalue weighted by atomic mass is 9.80. The van der Waals surface area contributed by atoms with Gasteiger partial charge >= 0.3 is 17.9 Å². The minimum atomic E-state index is -0.507. The van der Waals surface area contributed by atoms with E-state index in [1.807, 2.05) is 11.9 Å². The Labute approximate surface area is 281 Å². The third-order valence-corrected chi connectivity index (χ3v) is 9.21. The van der Waals surface area contributed by atoms with Crippen LogP contribution < -0.4 is 10.6 Å². The summed E-state index contributed by atoms with van der Waals surface area (Å²) >= 11 is 0. The van der Waals surface area contributed by atoms with Gasteiger partial charge in [0.05, 0.1) is 30.8 Å². The molecule has 0 aromatic rings. The number of carbonyl (C=O) groups excluding carboxylic acids is 3.